The van der Waals surface area contributed by atoms with Gasteiger partial charge in [0, 0.05) is 7.05 Å². The molecule has 0 unspecified atom stereocenters. The van der Waals surface area contributed by atoms with Crippen LogP contribution in [0.25, 0.3) is 0 Å². The van der Waals surface area contributed by atoms with E-state index in [4.69, 9.17) is 0 Å². The van der Waals surface area contributed by atoms with Gasteiger partial charge in [0.15, 0.2) is 5.17 Å². The van der Waals surface area contributed by atoms with Crippen molar-refractivity contribution in [3.63, 3.8) is 0 Å². The van der Waals surface area contributed by atoms with Gasteiger partial charge in [0.2, 0.25) is 5.91 Å². The van der Waals surface area contributed by atoms with E-state index in [9.17, 15) is 4.79 Å². The number of carbonyl (C=O) groups is 1. The van der Waals surface area contributed by atoms with Crippen LogP contribution in [0.4, 0.5) is 5.69 Å². The minimum atomic E-state index is 0.0989. The highest BCUT2D eigenvalue weighted by atomic mass is 32.2. The van der Waals surface area contributed by atoms with E-state index in [0.29, 0.717) is 5.75 Å². The van der Waals surface area contributed by atoms with Gasteiger partial charge in [-0.15, -0.1) is 0 Å². The van der Waals surface area contributed by atoms with E-state index in [0.717, 1.165) is 10.9 Å². The minimum Gasteiger partial charge on any atom is -0.273 e. The number of para-hydroxylation sites is 1. The van der Waals surface area contributed by atoms with Gasteiger partial charge in [-0.3, -0.25) is 14.7 Å². The van der Waals surface area contributed by atoms with E-state index in [1.807, 2.05) is 30.3 Å². The third kappa shape index (κ3) is 1.53. The Morgan fingerprint density at radius 1 is 1.36 bits per heavy atom. The van der Waals surface area contributed by atoms with Crippen LogP contribution in [0.3, 0.4) is 0 Å². The Hall–Kier alpha value is -1.29. The van der Waals surface area contributed by atoms with Gasteiger partial charge in [0.1, 0.15) is 0 Å². The molecule has 0 spiro atoms. The molecule has 0 radical (unpaired) electrons. The summed E-state index contributed by atoms with van der Waals surface area (Å²) in [6.45, 7) is 0. The van der Waals surface area contributed by atoms with Crippen LogP contribution in [0.2, 0.25) is 0 Å². The molecule has 0 atom stereocenters. The van der Waals surface area contributed by atoms with Crippen molar-refractivity contribution in [2.45, 2.75) is 0 Å². The maximum Gasteiger partial charge on any atom is 0.243 e. The van der Waals surface area contributed by atoms with Gasteiger partial charge in [0.25, 0.3) is 0 Å². The Morgan fingerprint density at radius 3 is 2.71 bits per heavy atom. The summed E-state index contributed by atoms with van der Waals surface area (Å²) in [5, 5.41) is 0.779. The highest BCUT2D eigenvalue weighted by Crippen LogP contribution is 2.25. The molecule has 1 heterocycles. The van der Waals surface area contributed by atoms with Crippen molar-refractivity contribution in [3.05, 3.63) is 30.3 Å². The quantitative estimate of drug-likeness (QED) is 0.701. The SMILES string of the molecule is C/N=C1\SCC(=O)N1c1ccccc1. The molecule has 2 rings (SSSR count). The maximum absolute atomic E-state index is 11.6. The van der Waals surface area contributed by atoms with Crippen LogP contribution in [0.1, 0.15) is 0 Å². The second-order valence-electron chi connectivity index (χ2n) is 2.86. The predicted octanol–water partition coefficient (Wildman–Crippen LogP) is 1.75. The topological polar surface area (TPSA) is 32.7 Å². The lowest BCUT2D eigenvalue weighted by molar-refractivity contribution is -0.115. The van der Waals surface area contributed by atoms with Crippen LogP contribution in [-0.4, -0.2) is 23.9 Å². The number of thioether (sulfide) groups is 1. The molecule has 0 aliphatic carbocycles. The number of benzene rings is 1. The van der Waals surface area contributed by atoms with Gasteiger partial charge >= 0.3 is 0 Å². The van der Waals surface area contributed by atoms with Gasteiger partial charge in [-0.1, -0.05) is 30.0 Å². The summed E-state index contributed by atoms with van der Waals surface area (Å²) in [6, 6.07) is 9.58. The number of rotatable bonds is 1. The lowest BCUT2D eigenvalue weighted by atomic mass is 10.3. The standard InChI is InChI=1S/C10H10N2OS/c1-11-10-12(9(13)7-14-10)8-5-3-2-4-6-8/h2-6H,7H2,1H3/b11-10-. The molecule has 3 nitrogen and oxygen atoms in total. The van der Waals surface area contributed by atoms with Crippen molar-refractivity contribution >= 4 is 28.5 Å². The Bertz CT molecular complexity index is 375. The first-order valence-electron chi connectivity index (χ1n) is 4.30. The van der Waals surface area contributed by atoms with Crippen molar-refractivity contribution in [2.75, 3.05) is 17.7 Å². The monoisotopic (exact) mass is 206 g/mol. The fraction of sp³-hybridized carbons (Fsp3) is 0.200. The summed E-state index contributed by atoms with van der Waals surface area (Å²) in [5.41, 5.74) is 0.892. The molecule has 14 heavy (non-hydrogen) atoms. The number of amidine groups is 1. The number of hydrogen-bond acceptors (Lipinski definition) is 3. The second kappa shape index (κ2) is 3.84. The van der Waals surface area contributed by atoms with Crippen LogP contribution in [0.5, 0.6) is 0 Å². The van der Waals surface area contributed by atoms with Crippen LogP contribution >= 0.6 is 11.8 Å². The summed E-state index contributed by atoms with van der Waals surface area (Å²) < 4.78 is 0. The van der Waals surface area contributed by atoms with Crippen molar-refractivity contribution in [2.24, 2.45) is 4.99 Å². The van der Waals surface area contributed by atoms with Crippen LogP contribution in [0.15, 0.2) is 35.3 Å². The van der Waals surface area contributed by atoms with Crippen molar-refractivity contribution in [3.8, 4) is 0 Å². The smallest absolute Gasteiger partial charge is 0.243 e. The Balaban J connectivity index is 2.38. The minimum absolute atomic E-state index is 0.0989. The Morgan fingerprint density at radius 2 is 2.07 bits per heavy atom. The zero-order valence-electron chi connectivity index (χ0n) is 7.80. The van der Waals surface area contributed by atoms with Crippen molar-refractivity contribution in [1.82, 2.24) is 0 Å². The maximum atomic E-state index is 11.6. The fourth-order valence-corrected chi connectivity index (χ4v) is 2.21. The first-order chi connectivity index (χ1) is 6.83. The summed E-state index contributed by atoms with van der Waals surface area (Å²) in [7, 11) is 1.71. The first kappa shape index (κ1) is 9.27. The highest BCUT2D eigenvalue weighted by molar-refractivity contribution is 8.15. The summed E-state index contributed by atoms with van der Waals surface area (Å²) in [6.07, 6.45) is 0. The molecule has 0 N–H and O–H groups in total. The zero-order chi connectivity index (χ0) is 9.97. The highest BCUT2D eigenvalue weighted by Gasteiger charge is 2.28. The third-order valence-corrected chi connectivity index (χ3v) is 2.99. The largest absolute Gasteiger partial charge is 0.273 e. The number of hydrogen-bond donors (Lipinski definition) is 0. The summed E-state index contributed by atoms with van der Waals surface area (Å²) in [4.78, 5) is 17.3. The van der Waals surface area contributed by atoms with Gasteiger partial charge < -0.3 is 0 Å². The Kier molecular flexibility index (Phi) is 2.54. The predicted molar refractivity (Wildman–Crippen MR) is 59.7 cm³/mol. The van der Waals surface area contributed by atoms with E-state index in [-0.39, 0.29) is 5.91 Å². The molecule has 0 saturated carbocycles. The first-order valence-corrected chi connectivity index (χ1v) is 5.29. The number of anilines is 1. The third-order valence-electron chi connectivity index (χ3n) is 1.97. The molecule has 4 heteroatoms. The molecule has 1 fully saturated rings. The van der Waals surface area contributed by atoms with E-state index in [1.165, 1.54) is 11.8 Å². The lowest BCUT2D eigenvalue weighted by Crippen LogP contribution is -2.28. The molecular weight excluding hydrogens is 196 g/mol. The van der Waals surface area contributed by atoms with E-state index in [1.54, 1.807) is 11.9 Å². The van der Waals surface area contributed by atoms with Crippen LogP contribution < -0.4 is 4.90 Å². The van der Waals surface area contributed by atoms with E-state index >= 15 is 0 Å². The number of nitrogens with zero attached hydrogens (tertiary/aromatic N) is 2. The lowest BCUT2D eigenvalue weighted by Gasteiger charge is -2.14. The zero-order valence-corrected chi connectivity index (χ0v) is 8.62. The number of carbonyl (C=O) groups excluding carboxylic acids is 1. The molecule has 0 bridgehead atoms. The fourth-order valence-electron chi connectivity index (χ4n) is 1.36. The molecule has 1 aliphatic heterocycles. The molecule has 0 aromatic heterocycles. The van der Waals surface area contributed by atoms with Crippen LogP contribution in [0, 0.1) is 0 Å². The van der Waals surface area contributed by atoms with Gasteiger partial charge in [-0.2, -0.15) is 0 Å². The summed E-state index contributed by atoms with van der Waals surface area (Å²) in [5.74, 6) is 0.587. The van der Waals surface area contributed by atoms with Gasteiger partial charge in [-0.25, -0.2) is 0 Å². The van der Waals surface area contributed by atoms with E-state index in [2.05, 4.69) is 4.99 Å². The number of amides is 1. The molecule has 1 aromatic rings. The normalized spacial score (nSPS) is 19.4. The Labute approximate surface area is 86.8 Å². The van der Waals surface area contributed by atoms with E-state index < -0.39 is 0 Å². The summed E-state index contributed by atoms with van der Waals surface area (Å²) >= 11 is 1.48. The molecule has 1 aromatic carbocycles. The van der Waals surface area contributed by atoms with Crippen LogP contribution in [-0.2, 0) is 4.79 Å². The van der Waals surface area contributed by atoms with Gasteiger partial charge in [0.05, 0.1) is 11.4 Å². The molecule has 1 amide bonds. The molecular formula is C10H10N2OS. The molecule has 1 saturated heterocycles. The number of aliphatic imine (C=N–C) groups is 1. The second-order valence-corrected chi connectivity index (χ2v) is 3.80. The van der Waals surface area contributed by atoms with Crippen molar-refractivity contribution < 1.29 is 4.79 Å². The van der Waals surface area contributed by atoms with Crippen molar-refractivity contribution in [1.29, 1.82) is 0 Å². The molecule has 72 valence electrons. The van der Waals surface area contributed by atoms with Gasteiger partial charge in [-0.05, 0) is 12.1 Å². The average molecular weight is 206 g/mol. The average Bonchev–Trinajstić information content (AvgIpc) is 2.61. The molecule has 1 aliphatic rings.